The molecule has 4 N–H and O–H groups in total. The molecule has 1 atom stereocenters. The monoisotopic (exact) mass is 364 g/mol. The first-order valence-electron chi connectivity index (χ1n) is 7.48. The zero-order chi connectivity index (χ0) is 18.4. The van der Waals surface area contributed by atoms with Crippen LogP contribution in [0.5, 0.6) is 5.75 Å². The number of aromatic nitrogens is 1. The Morgan fingerprint density at radius 1 is 1.36 bits per heavy atom. The Labute approximate surface area is 149 Å². The van der Waals surface area contributed by atoms with Gasteiger partial charge in [0.1, 0.15) is 11.5 Å². The van der Waals surface area contributed by atoms with Gasteiger partial charge in [0, 0.05) is 11.8 Å². The summed E-state index contributed by atoms with van der Waals surface area (Å²) in [5.41, 5.74) is 6.80. The van der Waals surface area contributed by atoms with Crippen LogP contribution in [0.25, 0.3) is 0 Å². The number of thioether (sulfide) groups is 1. The van der Waals surface area contributed by atoms with E-state index in [1.165, 1.54) is 18.9 Å². The third-order valence-electron chi connectivity index (χ3n) is 3.23. The number of hydrogen-bond acceptors (Lipinski definition) is 7. The fraction of sp³-hybridized carbons (Fsp3) is 0.312. The molecule has 2 aromatic rings. The largest absolute Gasteiger partial charge is 0.495 e. The highest BCUT2D eigenvalue weighted by Crippen LogP contribution is 2.24. The van der Waals surface area contributed by atoms with Crippen molar-refractivity contribution in [3.63, 3.8) is 0 Å². The molecular formula is C16H20N4O4S. The minimum Gasteiger partial charge on any atom is -0.495 e. The van der Waals surface area contributed by atoms with Crippen LogP contribution in [-0.4, -0.2) is 35.1 Å². The molecule has 2 rings (SSSR count). The molecule has 0 aliphatic carbocycles. The third kappa shape index (κ3) is 5.42. The van der Waals surface area contributed by atoms with Gasteiger partial charge in [0.15, 0.2) is 5.82 Å². The number of hydrogen-bond donors (Lipinski definition) is 3. The van der Waals surface area contributed by atoms with Crippen LogP contribution in [-0.2, 0) is 9.59 Å². The van der Waals surface area contributed by atoms with E-state index in [9.17, 15) is 9.59 Å². The van der Waals surface area contributed by atoms with Gasteiger partial charge in [-0.25, -0.2) is 0 Å². The van der Waals surface area contributed by atoms with Gasteiger partial charge in [0.2, 0.25) is 11.8 Å². The molecule has 8 nitrogen and oxygen atoms in total. The van der Waals surface area contributed by atoms with Crippen LogP contribution in [0.3, 0.4) is 0 Å². The summed E-state index contributed by atoms with van der Waals surface area (Å²) in [7, 11) is 1.52. The fourth-order valence-corrected chi connectivity index (χ4v) is 2.62. The first kappa shape index (κ1) is 18.7. The number of carbonyl (C=O) groups excluding carboxylic acids is 2. The maximum absolute atomic E-state index is 12.0. The lowest BCUT2D eigenvalue weighted by molar-refractivity contribution is -0.115. The van der Waals surface area contributed by atoms with Gasteiger partial charge in [-0.1, -0.05) is 5.16 Å². The van der Waals surface area contributed by atoms with Crippen molar-refractivity contribution < 1.29 is 18.8 Å². The molecule has 9 heteroatoms. The quantitative estimate of drug-likeness (QED) is 0.645. The summed E-state index contributed by atoms with van der Waals surface area (Å²) in [6.45, 7) is 3.45. The normalized spacial score (nSPS) is 11.6. The predicted molar refractivity (Wildman–Crippen MR) is 97.8 cm³/mol. The number of nitrogens with one attached hydrogen (secondary N) is 2. The second-order valence-electron chi connectivity index (χ2n) is 5.27. The first-order valence-corrected chi connectivity index (χ1v) is 8.53. The van der Waals surface area contributed by atoms with Crippen LogP contribution < -0.4 is 21.1 Å². The Morgan fingerprint density at radius 2 is 2.12 bits per heavy atom. The van der Waals surface area contributed by atoms with Crippen LogP contribution in [0, 0.1) is 6.92 Å². The van der Waals surface area contributed by atoms with Gasteiger partial charge >= 0.3 is 0 Å². The molecular weight excluding hydrogens is 344 g/mol. The average Bonchev–Trinajstić information content (AvgIpc) is 2.97. The zero-order valence-corrected chi connectivity index (χ0v) is 15.0. The number of rotatable bonds is 7. The number of anilines is 3. The third-order valence-corrected chi connectivity index (χ3v) is 4.37. The Morgan fingerprint density at radius 3 is 2.72 bits per heavy atom. The van der Waals surface area contributed by atoms with E-state index < -0.39 is 5.25 Å². The van der Waals surface area contributed by atoms with Crippen molar-refractivity contribution in [2.75, 3.05) is 29.2 Å². The molecule has 1 aromatic carbocycles. The summed E-state index contributed by atoms with van der Waals surface area (Å²) in [6, 6.07) is 6.61. The number of aryl methyl sites for hydroxylation is 1. The van der Waals surface area contributed by atoms with Crippen molar-refractivity contribution >= 4 is 40.8 Å². The summed E-state index contributed by atoms with van der Waals surface area (Å²) >= 11 is 1.21. The van der Waals surface area contributed by atoms with E-state index in [2.05, 4.69) is 15.8 Å². The molecule has 134 valence electrons. The number of benzene rings is 1. The van der Waals surface area contributed by atoms with Gasteiger partial charge < -0.3 is 25.6 Å². The molecule has 0 fully saturated rings. The number of nitrogens with two attached hydrogens (primary N) is 1. The molecule has 1 aromatic heterocycles. The van der Waals surface area contributed by atoms with Gasteiger partial charge in [-0.3, -0.25) is 9.59 Å². The summed E-state index contributed by atoms with van der Waals surface area (Å²) < 4.78 is 9.94. The lowest BCUT2D eigenvalue weighted by atomic mass is 10.2. The maximum Gasteiger partial charge on any atom is 0.238 e. The molecule has 0 radical (unpaired) electrons. The minimum absolute atomic E-state index is 0.123. The summed E-state index contributed by atoms with van der Waals surface area (Å²) in [4.78, 5) is 24.0. The van der Waals surface area contributed by atoms with Crippen LogP contribution in [0.15, 0.2) is 28.8 Å². The Balaban J connectivity index is 1.80. The molecule has 1 unspecified atom stereocenters. The zero-order valence-electron chi connectivity index (χ0n) is 14.2. The number of ether oxygens (including phenoxy) is 1. The van der Waals surface area contributed by atoms with Gasteiger partial charge in [0.05, 0.1) is 23.8 Å². The maximum atomic E-state index is 12.0. The van der Waals surface area contributed by atoms with Gasteiger partial charge in [0.25, 0.3) is 0 Å². The number of nitrogens with zero attached hydrogens (tertiary/aromatic N) is 1. The van der Waals surface area contributed by atoms with E-state index in [1.54, 1.807) is 38.1 Å². The molecule has 1 heterocycles. The highest BCUT2D eigenvalue weighted by Gasteiger charge is 2.17. The summed E-state index contributed by atoms with van der Waals surface area (Å²) in [6.07, 6.45) is 0. The van der Waals surface area contributed by atoms with Crippen molar-refractivity contribution in [3.05, 3.63) is 30.0 Å². The van der Waals surface area contributed by atoms with Crippen molar-refractivity contribution in [1.29, 1.82) is 0 Å². The van der Waals surface area contributed by atoms with Crippen LogP contribution in [0.2, 0.25) is 0 Å². The number of amides is 2. The van der Waals surface area contributed by atoms with Gasteiger partial charge in [-0.15, -0.1) is 11.8 Å². The van der Waals surface area contributed by atoms with Crippen molar-refractivity contribution in [1.82, 2.24) is 5.16 Å². The van der Waals surface area contributed by atoms with Crippen molar-refractivity contribution in [3.8, 4) is 5.75 Å². The van der Waals surface area contributed by atoms with Crippen molar-refractivity contribution in [2.45, 2.75) is 19.1 Å². The van der Waals surface area contributed by atoms with Crippen LogP contribution >= 0.6 is 11.8 Å². The lowest BCUT2D eigenvalue weighted by Gasteiger charge is -2.11. The summed E-state index contributed by atoms with van der Waals surface area (Å²) in [5, 5.41) is 8.62. The van der Waals surface area contributed by atoms with Gasteiger partial charge in [-0.2, -0.15) is 0 Å². The molecule has 0 spiro atoms. The van der Waals surface area contributed by atoms with E-state index in [-0.39, 0.29) is 17.6 Å². The molecule has 0 aliphatic rings. The second-order valence-corrected chi connectivity index (χ2v) is 6.60. The molecule has 0 aliphatic heterocycles. The average molecular weight is 364 g/mol. The van der Waals surface area contributed by atoms with E-state index >= 15 is 0 Å². The second kappa shape index (κ2) is 8.43. The molecule has 25 heavy (non-hydrogen) atoms. The highest BCUT2D eigenvalue weighted by molar-refractivity contribution is 8.01. The molecule has 0 saturated heterocycles. The number of carbonyl (C=O) groups is 2. The van der Waals surface area contributed by atoms with E-state index in [4.69, 9.17) is 15.0 Å². The van der Waals surface area contributed by atoms with E-state index in [0.717, 1.165) is 0 Å². The molecule has 2 amide bonds. The lowest BCUT2D eigenvalue weighted by Crippen LogP contribution is -2.25. The van der Waals surface area contributed by atoms with Gasteiger partial charge in [-0.05, 0) is 32.0 Å². The predicted octanol–water partition coefficient (Wildman–Crippen LogP) is 2.27. The van der Waals surface area contributed by atoms with Crippen LogP contribution in [0.1, 0.15) is 12.7 Å². The number of methoxy groups -OCH3 is 1. The van der Waals surface area contributed by atoms with Crippen LogP contribution in [0.4, 0.5) is 17.2 Å². The standard InChI is InChI=1S/C16H20N4O4S/c1-9-6-14(20-24-9)19-16(22)10(2)25-8-15(21)18-11-4-5-13(23-3)12(17)7-11/h4-7,10H,8,17H2,1-3H3,(H,18,21)(H,19,20,22). The molecule has 0 bridgehead atoms. The molecule has 0 saturated carbocycles. The van der Waals surface area contributed by atoms with Crippen molar-refractivity contribution in [2.24, 2.45) is 0 Å². The Hall–Kier alpha value is -2.68. The fourth-order valence-electron chi connectivity index (χ4n) is 1.94. The Kier molecular flexibility index (Phi) is 6.29. The topological polar surface area (TPSA) is 119 Å². The smallest absolute Gasteiger partial charge is 0.238 e. The minimum atomic E-state index is -0.427. The van der Waals surface area contributed by atoms with E-state index in [0.29, 0.717) is 28.7 Å². The SMILES string of the molecule is COc1ccc(NC(=O)CSC(C)C(=O)Nc2cc(C)on2)cc1N. The number of nitrogen functional groups attached to an aromatic ring is 1. The first-order chi connectivity index (χ1) is 11.9. The highest BCUT2D eigenvalue weighted by atomic mass is 32.2. The summed E-state index contributed by atoms with van der Waals surface area (Å²) in [5.74, 6) is 1.15. The Bertz CT molecular complexity index is 762. The van der Waals surface area contributed by atoms with E-state index in [1.807, 2.05) is 0 Å².